The van der Waals surface area contributed by atoms with Crippen LogP contribution in [0.15, 0.2) is 0 Å². The summed E-state index contributed by atoms with van der Waals surface area (Å²) in [5.41, 5.74) is 1.59. The molecular formula is C23H44BN3O6. The first kappa shape index (κ1) is 31.2. The van der Waals surface area contributed by atoms with Gasteiger partial charge in [-0.15, -0.1) is 0 Å². The van der Waals surface area contributed by atoms with Crippen LogP contribution in [0.4, 0.5) is 4.79 Å². The zero-order valence-corrected chi connectivity index (χ0v) is 21.3. The lowest BCUT2D eigenvalue weighted by atomic mass is 9.89. The average molecular weight is 469 g/mol. The van der Waals surface area contributed by atoms with Gasteiger partial charge >= 0.3 is 6.09 Å². The van der Waals surface area contributed by atoms with E-state index in [1.165, 1.54) is 25.7 Å². The summed E-state index contributed by atoms with van der Waals surface area (Å²) in [5.74, 6) is 1.25. The van der Waals surface area contributed by atoms with Crippen LogP contribution in [0.3, 0.4) is 0 Å². The highest BCUT2D eigenvalue weighted by molar-refractivity contribution is 6.08. The van der Waals surface area contributed by atoms with Gasteiger partial charge in [0.2, 0.25) is 12.3 Å². The number of piperidine rings is 1. The Hall–Kier alpha value is -1.81. The zero-order chi connectivity index (χ0) is 25.4. The van der Waals surface area contributed by atoms with Crippen LogP contribution >= 0.6 is 0 Å². The van der Waals surface area contributed by atoms with Gasteiger partial charge in [0.05, 0.1) is 20.5 Å². The van der Waals surface area contributed by atoms with Gasteiger partial charge in [-0.1, -0.05) is 19.7 Å². The molecule has 0 aromatic carbocycles. The minimum absolute atomic E-state index is 0.129. The summed E-state index contributed by atoms with van der Waals surface area (Å²) in [6.45, 7) is 12.1. The Kier molecular flexibility index (Phi) is 15.8. The van der Waals surface area contributed by atoms with Gasteiger partial charge in [0.1, 0.15) is 5.60 Å². The van der Waals surface area contributed by atoms with Gasteiger partial charge in [-0.05, 0) is 58.3 Å². The Balaban J connectivity index is 0.000000627. The molecule has 2 radical (unpaired) electrons. The molecule has 0 spiro atoms. The van der Waals surface area contributed by atoms with Gasteiger partial charge < -0.3 is 19.6 Å². The number of carbonyl (C=O) groups excluding carboxylic acids is 3. The van der Waals surface area contributed by atoms with Crippen molar-refractivity contribution in [2.45, 2.75) is 84.7 Å². The predicted octanol–water partition coefficient (Wildman–Crippen LogP) is 2.53. The Labute approximate surface area is 200 Å². The number of aliphatic hydroxyl groups is 1. The molecule has 0 bridgehead atoms. The Morgan fingerprint density at radius 1 is 1.21 bits per heavy atom. The lowest BCUT2D eigenvalue weighted by Gasteiger charge is -2.31. The molecule has 2 heterocycles. The molecule has 2 rings (SSSR count). The minimum atomic E-state index is -0.537. The van der Waals surface area contributed by atoms with Gasteiger partial charge in [-0.25, -0.2) is 10.3 Å². The van der Waals surface area contributed by atoms with E-state index in [2.05, 4.69) is 12.4 Å². The van der Waals surface area contributed by atoms with Crippen LogP contribution in [0.1, 0.15) is 66.7 Å². The van der Waals surface area contributed by atoms with Crippen molar-refractivity contribution in [1.82, 2.24) is 15.3 Å². The minimum Gasteiger partial charge on any atom is -0.444 e. The summed E-state index contributed by atoms with van der Waals surface area (Å²) in [5, 5.41) is 7.00. The summed E-state index contributed by atoms with van der Waals surface area (Å²) in [4.78, 5) is 41.9. The molecule has 0 aromatic rings. The number of aliphatic hydroxyl groups excluding tert-OH is 1. The number of likely N-dealkylation sites (tertiary alicyclic amines) is 2. The van der Waals surface area contributed by atoms with Crippen LogP contribution in [0.25, 0.3) is 0 Å². The number of carbonyl (C=O) groups is 3. The van der Waals surface area contributed by atoms with Crippen molar-refractivity contribution in [3.05, 3.63) is 0 Å². The molecule has 0 saturated carbocycles. The standard InChI is InChI=1S/C12H21BN2O4.C10H19NO.CH4O/c1-12(2,3)19-11(17)15-6-9(5-13)4-10(15)7-18-14-8-16;1-3-5-10-6-4-7-11(8-10)9(2)12;1-2/h8-10H,4-7H2,1-3H3,(H,14,16);10H,3-8H2,1-2H3;2H,1H3. The second kappa shape index (κ2) is 16.8. The van der Waals surface area contributed by atoms with Crippen molar-refractivity contribution in [2.24, 2.45) is 11.8 Å². The molecular weight excluding hydrogens is 425 g/mol. The maximum atomic E-state index is 12.1. The fourth-order valence-electron chi connectivity index (χ4n) is 4.06. The maximum absolute atomic E-state index is 12.1. The number of nitrogens with zero attached hydrogens (tertiary/aromatic N) is 2. The van der Waals surface area contributed by atoms with Crippen molar-refractivity contribution < 1.29 is 29.1 Å². The zero-order valence-electron chi connectivity index (χ0n) is 21.3. The molecule has 2 N–H and O–H groups in total. The van der Waals surface area contributed by atoms with Crippen LogP contribution in [0, 0.1) is 11.8 Å². The molecule has 0 aliphatic carbocycles. The van der Waals surface area contributed by atoms with E-state index in [1.54, 1.807) is 11.8 Å². The fraction of sp³-hybridized carbons (Fsp3) is 0.870. The molecule has 33 heavy (non-hydrogen) atoms. The largest absolute Gasteiger partial charge is 0.444 e. The smallest absolute Gasteiger partial charge is 0.410 e. The molecule has 3 unspecified atom stereocenters. The molecule has 3 amide bonds. The summed E-state index contributed by atoms with van der Waals surface area (Å²) in [6, 6.07) is -0.129. The van der Waals surface area contributed by atoms with Crippen LogP contribution in [-0.4, -0.2) is 86.2 Å². The number of ether oxygens (including phenoxy) is 1. The normalized spacial score (nSPS) is 22.3. The van der Waals surface area contributed by atoms with E-state index in [9.17, 15) is 14.4 Å². The van der Waals surface area contributed by atoms with Gasteiger partial charge in [0, 0.05) is 33.7 Å². The predicted molar refractivity (Wildman–Crippen MR) is 129 cm³/mol. The van der Waals surface area contributed by atoms with Crippen LogP contribution in [0.2, 0.25) is 6.32 Å². The number of hydrogen-bond donors (Lipinski definition) is 2. The molecule has 190 valence electrons. The van der Waals surface area contributed by atoms with E-state index in [0.717, 1.165) is 32.5 Å². The summed E-state index contributed by atoms with van der Waals surface area (Å²) in [6.07, 6.45) is 6.38. The van der Waals surface area contributed by atoms with Crippen molar-refractivity contribution in [2.75, 3.05) is 33.4 Å². The molecule has 2 aliphatic rings. The van der Waals surface area contributed by atoms with Crippen LogP contribution in [-0.2, 0) is 19.2 Å². The Bertz CT molecular complexity index is 571. The second-order valence-electron chi connectivity index (χ2n) is 9.43. The fourth-order valence-corrected chi connectivity index (χ4v) is 4.06. The third-order valence-corrected chi connectivity index (χ3v) is 5.53. The van der Waals surface area contributed by atoms with Crippen molar-refractivity contribution in [1.29, 1.82) is 0 Å². The number of hydrogen-bond acceptors (Lipinski definition) is 6. The van der Waals surface area contributed by atoms with E-state index >= 15 is 0 Å². The molecule has 10 heteroatoms. The van der Waals surface area contributed by atoms with Crippen LogP contribution in [0.5, 0.6) is 0 Å². The highest BCUT2D eigenvalue weighted by atomic mass is 16.6. The molecule has 2 aliphatic heterocycles. The van der Waals surface area contributed by atoms with Gasteiger partial charge in [-0.3, -0.25) is 14.4 Å². The maximum Gasteiger partial charge on any atom is 0.410 e. The first-order valence-corrected chi connectivity index (χ1v) is 11.8. The van der Waals surface area contributed by atoms with Crippen LogP contribution < -0.4 is 5.48 Å². The monoisotopic (exact) mass is 469 g/mol. The molecule has 3 atom stereocenters. The van der Waals surface area contributed by atoms with Crippen molar-refractivity contribution >= 4 is 26.3 Å². The van der Waals surface area contributed by atoms with E-state index < -0.39 is 5.60 Å². The molecule has 2 fully saturated rings. The quantitative estimate of drug-likeness (QED) is 0.257. The van der Waals surface area contributed by atoms with Crippen molar-refractivity contribution in [3.63, 3.8) is 0 Å². The van der Waals surface area contributed by atoms with E-state index in [1.807, 2.05) is 25.7 Å². The lowest BCUT2D eigenvalue weighted by Crippen LogP contribution is -2.42. The molecule has 0 aromatic heterocycles. The highest BCUT2D eigenvalue weighted by Crippen LogP contribution is 2.27. The summed E-state index contributed by atoms with van der Waals surface area (Å²) in [7, 11) is 6.65. The molecule has 9 nitrogen and oxygen atoms in total. The summed E-state index contributed by atoms with van der Waals surface area (Å²) < 4.78 is 5.35. The second-order valence-corrected chi connectivity index (χ2v) is 9.43. The van der Waals surface area contributed by atoms with E-state index in [0.29, 0.717) is 19.3 Å². The Morgan fingerprint density at radius 2 is 1.88 bits per heavy atom. The average Bonchev–Trinajstić information content (AvgIpc) is 3.19. The third kappa shape index (κ3) is 12.9. The number of nitrogens with one attached hydrogen (secondary N) is 1. The molecule has 2 saturated heterocycles. The SMILES string of the molecule is CCCC1CCCN(C(C)=O)C1.CO.[B]CC1CC(CONC=O)N(C(=O)OC(C)(C)C)C1. The topological polar surface area (TPSA) is 108 Å². The highest BCUT2D eigenvalue weighted by Gasteiger charge is 2.36. The third-order valence-electron chi connectivity index (χ3n) is 5.53. The van der Waals surface area contributed by atoms with Gasteiger partial charge in [0.25, 0.3) is 0 Å². The lowest BCUT2D eigenvalue weighted by molar-refractivity contribution is -0.130. The number of amides is 3. The van der Waals surface area contributed by atoms with E-state index in [-0.39, 0.29) is 30.6 Å². The van der Waals surface area contributed by atoms with Gasteiger partial charge in [-0.2, -0.15) is 0 Å². The van der Waals surface area contributed by atoms with Gasteiger partial charge in [0.15, 0.2) is 0 Å². The Morgan fingerprint density at radius 3 is 2.39 bits per heavy atom. The van der Waals surface area contributed by atoms with E-state index in [4.69, 9.17) is 22.5 Å². The number of rotatable bonds is 7. The first-order valence-electron chi connectivity index (χ1n) is 11.8. The first-order chi connectivity index (χ1) is 15.6. The summed E-state index contributed by atoms with van der Waals surface area (Å²) >= 11 is 0. The number of hydroxylamine groups is 1. The van der Waals surface area contributed by atoms with Crippen molar-refractivity contribution in [3.8, 4) is 0 Å².